The van der Waals surface area contributed by atoms with Crippen LogP contribution in [0.2, 0.25) is 5.15 Å². The lowest BCUT2D eigenvalue weighted by Crippen LogP contribution is -2.27. The van der Waals surface area contributed by atoms with Crippen molar-refractivity contribution in [2.24, 2.45) is 0 Å². The minimum Gasteiger partial charge on any atom is -0.158 e. The molecule has 72 valence electrons. The molecule has 0 aliphatic rings. The lowest BCUT2D eigenvalue weighted by molar-refractivity contribution is 0.600. The lowest BCUT2D eigenvalue weighted by atomic mass is 9.88. The summed E-state index contributed by atoms with van der Waals surface area (Å²) in [5.41, 5.74) is 0.505. The van der Waals surface area contributed by atoms with Crippen LogP contribution in [0.3, 0.4) is 0 Å². The highest BCUT2D eigenvalue weighted by atomic mass is 35.5. The quantitative estimate of drug-likeness (QED) is 0.758. The van der Waals surface area contributed by atoms with Gasteiger partial charge in [0.25, 0.3) is 0 Å². The second-order valence-electron chi connectivity index (χ2n) is 3.06. The molecule has 2 nitrogen and oxygen atoms in total. The molecule has 13 heavy (non-hydrogen) atoms. The summed E-state index contributed by atoms with van der Waals surface area (Å²) in [5, 5.41) is 7.77. The van der Waals surface area contributed by atoms with Crippen molar-refractivity contribution < 1.29 is 0 Å². The van der Waals surface area contributed by atoms with Gasteiger partial charge >= 0.3 is 0 Å². The van der Waals surface area contributed by atoms with E-state index in [9.17, 15) is 0 Å². The van der Waals surface area contributed by atoms with E-state index >= 15 is 0 Å². The summed E-state index contributed by atoms with van der Waals surface area (Å²) in [6, 6.07) is 1.79. The third-order valence-electron chi connectivity index (χ3n) is 1.92. The van der Waals surface area contributed by atoms with E-state index in [2.05, 4.69) is 10.2 Å². The molecule has 0 saturated heterocycles. The Morgan fingerprint density at radius 2 is 2.00 bits per heavy atom. The summed E-state index contributed by atoms with van der Waals surface area (Å²) >= 11 is 17.5. The number of nitrogens with zero attached hydrogens (tertiary/aromatic N) is 2. The molecule has 0 bridgehead atoms. The first kappa shape index (κ1) is 11.0. The molecule has 0 fully saturated rings. The molecule has 0 atom stereocenters. The predicted octanol–water partition coefficient (Wildman–Crippen LogP) is 2.87. The monoisotopic (exact) mass is 238 g/mol. The van der Waals surface area contributed by atoms with Crippen molar-refractivity contribution in [1.82, 2.24) is 10.2 Å². The lowest BCUT2D eigenvalue weighted by Gasteiger charge is -2.24. The second kappa shape index (κ2) is 4.45. The first-order chi connectivity index (χ1) is 6.14. The number of halogens is 3. The fraction of sp³-hybridized carbons (Fsp3) is 0.500. The van der Waals surface area contributed by atoms with Gasteiger partial charge in [-0.15, -0.1) is 28.3 Å². The molecule has 0 aliphatic heterocycles. The summed E-state index contributed by atoms with van der Waals surface area (Å²) in [5.74, 6) is 0.809. The van der Waals surface area contributed by atoms with Gasteiger partial charge in [-0.1, -0.05) is 18.5 Å². The first-order valence-corrected chi connectivity index (χ1v) is 5.18. The standard InChI is InChI=1S/C8H9Cl3N2/c1-8(4-9,5-10)6-2-3-12-13-7(6)11/h2-3H,4-5H2,1H3. The molecule has 1 heterocycles. The maximum Gasteiger partial charge on any atom is 0.155 e. The molecule has 0 aliphatic carbocycles. The molecular weight excluding hydrogens is 230 g/mol. The van der Waals surface area contributed by atoms with E-state index in [-0.39, 0.29) is 5.41 Å². The summed E-state index contributed by atoms with van der Waals surface area (Å²) in [6.45, 7) is 1.94. The van der Waals surface area contributed by atoms with Gasteiger partial charge in [-0.2, -0.15) is 5.10 Å². The maximum absolute atomic E-state index is 5.88. The van der Waals surface area contributed by atoms with Gasteiger partial charge in [0, 0.05) is 28.9 Å². The van der Waals surface area contributed by atoms with Crippen LogP contribution in [0.4, 0.5) is 0 Å². The van der Waals surface area contributed by atoms with Crippen LogP contribution in [0, 0.1) is 0 Å². The van der Waals surface area contributed by atoms with Crippen LogP contribution in [0.5, 0.6) is 0 Å². The molecule has 1 aromatic heterocycles. The normalized spacial score (nSPS) is 11.7. The van der Waals surface area contributed by atoms with Crippen molar-refractivity contribution >= 4 is 34.8 Å². The fourth-order valence-electron chi connectivity index (χ4n) is 0.944. The number of hydrogen-bond acceptors (Lipinski definition) is 2. The molecule has 0 radical (unpaired) electrons. The zero-order chi connectivity index (χ0) is 9.90. The van der Waals surface area contributed by atoms with Crippen LogP contribution in [0.25, 0.3) is 0 Å². The number of aromatic nitrogens is 2. The van der Waals surface area contributed by atoms with E-state index in [1.54, 1.807) is 12.3 Å². The van der Waals surface area contributed by atoms with Crippen molar-refractivity contribution in [1.29, 1.82) is 0 Å². The highest BCUT2D eigenvalue weighted by Gasteiger charge is 2.27. The van der Waals surface area contributed by atoms with E-state index < -0.39 is 0 Å². The van der Waals surface area contributed by atoms with E-state index in [1.807, 2.05) is 6.92 Å². The third-order valence-corrected chi connectivity index (χ3v) is 3.37. The van der Waals surface area contributed by atoms with E-state index in [0.717, 1.165) is 5.56 Å². The molecule has 0 aromatic carbocycles. The van der Waals surface area contributed by atoms with Crippen LogP contribution >= 0.6 is 34.8 Å². The van der Waals surface area contributed by atoms with Gasteiger partial charge in [0.1, 0.15) is 0 Å². The molecule has 5 heteroatoms. The second-order valence-corrected chi connectivity index (χ2v) is 3.96. The Morgan fingerprint density at radius 3 is 2.46 bits per heavy atom. The Balaban J connectivity index is 3.12. The minimum absolute atomic E-state index is 0.337. The Labute approximate surface area is 92.2 Å². The zero-order valence-electron chi connectivity index (χ0n) is 7.10. The molecule has 0 N–H and O–H groups in total. The van der Waals surface area contributed by atoms with Crippen molar-refractivity contribution in [3.63, 3.8) is 0 Å². The summed E-state index contributed by atoms with van der Waals surface area (Å²) in [7, 11) is 0. The van der Waals surface area contributed by atoms with Crippen molar-refractivity contribution in [3.8, 4) is 0 Å². The Kier molecular flexibility index (Phi) is 3.77. The molecule has 1 rings (SSSR count). The SMILES string of the molecule is CC(CCl)(CCl)c1ccnnc1Cl. The first-order valence-electron chi connectivity index (χ1n) is 3.73. The summed E-state index contributed by atoms with van der Waals surface area (Å²) in [6.07, 6.45) is 1.58. The molecule has 0 saturated carbocycles. The van der Waals surface area contributed by atoms with Crippen LogP contribution in [0.15, 0.2) is 12.3 Å². The van der Waals surface area contributed by atoms with Gasteiger partial charge in [0.05, 0.1) is 0 Å². The zero-order valence-corrected chi connectivity index (χ0v) is 9.37. The predicted molar refractivity (Wildman–Crippen MR) is 55.8 cm³/mol. The van der Waals surface area contributed by atoms with Crippen LogP contribution in [-0.4, -0.2) is 22.0 Å². The molecule has 1 aromatic rings. The van der Waals surface area contributed by atoms with Gasteiger partial charge < -0.3 is 0 Å². The van der Waals surface area contributed by atoms with Crippen LogP contribution < -0.4 is 0 Å². The summed E-state index contributed by atoms with van der Waals surface area (Å²) < 4.78 is 0. The fourth-order valence-corrected chi connectivity index (χ4v) is 1.85. The molecule has 0 amide bonds. The van der Waals surface area contributed by atoms with E-state index in [1.165, 1.54) is 0 Å². The topological polar surface area (TPSA) is 25.8 Å². The van der Waals surface area contributed by atoms with Gasteiger partial charge in [-0.3, -0.25) is 0 Å². The van der Waals surface area contributed by atoms with E-state index in [0.29, 0.717) is 16.9 Å². The smallest absolute Gasteiger partial charge is 0.155 e. The van der Waals surface area contributed by atoms with E-state index in [4.69, 9.17) is 34.8 Å². The minimum atomic E-state index is -0.337. The Hall–Kier alpha value is -0.0500. The maximum atomic E-state index is 5.88. The van der Waals surface area contributed by atoms with Gasteiger partial charge in [-0.25, -0.2) is 0 Å². The number of hydrogen-bond donors (Lipinski definition) is 0. The Bertz CT molecular complexity index is 286. The highest BCUT2D eigenvalue weighted by molar-refractivity contribution is 6.30. The summed E-state index contributed by atoms with van der Waals surface area (Å²) in [4.78, 5) is 0. The highest BCUT2D eigenvalue weighted by Crippen LogP contribution is 2.30. The molecule has 0 spiro atoms. The number of alkyl halides is 2. The molecular formula is C8H9Cl3N2. The van der Waals surface area contributed by atoms with Crippen molar-refractivity contribution in [2.45, 2.75) is 12.3 Å². The van der Waals surface area contributed by atoms with Gasteiger partial charge in [0.15, 0.2) is 5.15 Å². The third kappa shape index (κ3) is 2.25. The Morgan fingerprint density at radius 1 is 1.38 bits per heavy atom. The van der Waals surface area contributed by atoms with Crippen LogP contribution in [0.1, 0.15) is 12.5 Å². The average molecular weight is 240 g/mol. The van der Waals surface area contributed by atoms with Crippen molar-refractivity contribution in [2.75, 3.05) is 11.8 Å². The average Bonchev–Trinajstić information content (AvgIpc) is 2.17. The number of rotatable bonds is 3. The van der Waals surface area contributed by atoms with Gasteiger partial charge in [0.2, 0.25) is 0 Å². The van der Waals surface area contributed by atoms with Gasteiger partial charge in [-0.05, 0) is 6.07 Å². The largest absolute Gasteiger partial charge is 0.158 e. The molecule has 0 unspecified atom stereocenters. The van der Waals surface area contributed by atoms with Crippen LogP contribution in [-0.2, 0) is 5.41 Å². The van der Waals surface area contributed by atoms with Crippen molar-refractivity contribution in [3.05, 3.63) is 23.0 Å².